The normalized spacial score (nSPS) is 16.6. The quantitative estimate of drug-likeness (QED) is 0.835. The number of urea groups is 1. The molecule has 27 heavy (non-hydrogen) atoms. The zero-order valence-electron chi connectivity index (χ0n) is 17.2. The highest BCUT2D eigenvalue weighted by Gasteiger charge is 2.27. The summed E-state index contributed by atoms with van der Waals surface area (Å²) in [6, 6.07) is 7.86. The third-order valence-electron chi connectivity index (χ3n) is 4.82. The Balaban J connectivity index is 1.71. The number of benzene rings is 1. The Morgan fingerprint density at radius 2 is 1.85 bits per heavy atom. The maximum atomic E-state index is 12.2. The summed E-state index contributed by atoms with van der Waals surface area (Å²) in [6.45, 7) is 11.6. The molecule has 2 N–H and O–H groups in total. The van der Waals surface area contributed by atoms with Crippen LogP contribution in [0, 0.1) is 12.8 Å². The Labute approximate surface area is 162 Å². The van der Waals surface area contributed by atoms with E-state index in [2.05, 4.69) is 10.6 Å². The van der Waals surface area contributed by atoms with Crippen molar-refractivity contribution in [2.45, 2.75) is 59.1 Å². The minimum Gasteiger partial charge on any atom is -0.444 e. The van der Waals surface area contributed by atoms with Crippen LogP contribution >= 0.6 is 0 Å². The molecule has 1 aromatic rings. The van der Waals surface area contributed by atoms with E-state index >= 15 is 0 Å². The van der Waals surface area contributed by atoms with Crippen molar-refractivity contribution in [2.24, 2.45) is 5.92 Å². The Morgan fingerprint density at radius 1 is 1.22 bits per heavy atom. The van der Waals surface area contributed by atoms with Gasteiger partial charge in [0.15, 0.2) is 0 Å². The number of carbonyl (C=O) groups excluding carboxylic acids is 2. The van der Waals surface area contributed by atoms with E-state index < -0.39 is 5.60 Å². The number of ether oxygens (including phenoxy) is 1. The summed E-state index contributed by atoms with van der Waals surface area (Å²) < 4.78 is 5.41. The standard InChI is InChI=1S/C21H33N3O3/c1-15-8-6-7-9-18(15)16(2)23-19(25)22-14-17-10-12-24(13-11-17)20(26)27-21(3,4)5/h6-9,16-17H,10-14H2,1-5H3,(H2,22,23,25). The predicted octanol–water partition coefficient (Wildman–Crippen LogP) is 4.00. The highest BCUT2D eigenvalue weighted by atomic mass is 16.6. The molecule has 2 rings (SSSR count). The van der Waals surface area contributed by atoms with Gasteiger partial charge in [-0.2, -0.15) is 0 Å². The molecule has 6 nitrogen and oxygen atoms in total. The molecule has 1 heterocycles. The van der Waals surface area contributed by atoms with Gasteiger partial charge in [0.1, 0.15) is 5.60 Å². The smallest absolute Gasteiger partial charge is 0.410 e. The van der Waals surface area contributed by atoms with Crippen LogP contribution in [0.5, 0.6) is 0 Å². The Kier molecular flexibility index (Phi) is 7.11. The first-order valence-electron chi connectivity index (χ1n) is 9.73. The molecule has 0 spiro atoms. The van der Waals surface area contributed by atoms with E-state index in [0.29, 0.717) is 25.6 Å². The molecule has 0 bridgehead atoms. The summed E-state index contributed by atoms with van der Waals surface area (Å²) in [5.74, 6) is 0.378. The largest absolute Gasteiger partial charge is 0.444 e. The van der Waals surface area contributed by atoms with E-state index in [4.69, 9.17) is 4.74 Å². The van der Waals surface area contributed by atoms with Crippen molar-refractivity contribution in [1.82, 2.24) is 15.5 Å². The second-order valence-electron chi connectivity index (χ2n) is 8.34. The van der Waals surface area contributed by atoms with Gasteiger partial charge in [-0.3, -0.25) is 0 Å². The maximum Gasteiger partial charge on any atom is 0.410 e. The fourth-order valence-corrected chi connectivity index (χ4v) is 3.28. The van der Waals surface area contributed by atoms with Crippen LogP contribution in [0.4, 0.5) is 9.59 Å². The lowest BCUT2D eigenvalue weighted by Crippen LogP contribution is -2.45. The van der Waals surface area contributed by atoms with Crippen molar-refractivity contribution < 1.29 is 14.3 Å². The van der Waals surface area contributed by atoms with Gasteiger partial charge in [0, 0.05) is 19.6 Å². The van der Waals surface area contributed by atoms with Crippen molar-refractivity contribution in [3.05, 3.63) is 35.4 Å². The van der Waals surface area contributed by atoms with Crippen LogP contribution in [0.2, 0.25) is 0 Å². The summed E-state index contributed by atoms with van der Waals surface area (Å²) in [6.07, 6.45) is 1.48. The molecular formula is C21H33N3O3. The number of nitrogens with one attached hydrogen (secondary N) is 2. The summed E-state index contributed by atoms with van der Waals surface area (Å²) >= 11 is 0. The molecule has 1 saturated heterocycles. The lowest BCUT2D eigenvalue weighted by molar-refractivity contribution is 0.0184. The van der Waals surface area contributed by atoms with Crippen molar-refractivity contribution in [1.29, 1.82) is 0 Å². The number of amides is 3. The minimum absolute atomic E-state index is 0.0415. The number of hydrogen-bond acceptors (Lipinski definition) is 3. The number of likely N-dealkylation sites (tertiary alicyclic amines) is 1. The highest BCUT2D eigenvalue weighted by molar-refractivity contribution is 5.74. The van der Waals surface area contributed by atoms with Gasteiger partial charge in [-0.15, -0.1) is 0 Å². The number of hydrogen-bond donors (Lipinski definition) is 2. The molecule has 3 amide bonds. The third-order valence-corrected chi connectivity index (χ3v) is 4.82. The highest BCUT2D eigenvalue weighted by Crippen LogP contribution is 2.19. The topological polar surface area (TPSA) is 70.7 Å². The van der Waals surface area contributed by atoms with Crippen LogP contribution in [0.3, 0.4) is 0 Å². The first-order chi connectivity index (χ1) is 12.7. The van der Waals surface area contributed by atoms with E-state index in [9.17, 15) is 9.59 Å². The lowest BCUT2D eigenvalue weighted by Gasteiger charge is -2.33. The average Bonchev–Trinajstić information content (AvgIpc) is 2.59. The van der Waals surface area contributed by atoms with Crippen molar-refractivity contribution in [2.75, 3.05) is 19.6 Å². The number of piperidine rings is 1. The molecule has 0 aromatic heterocycles. The molecule has 1 fully saturated rings. The summed E-state index contributed by atoms with van der Waals surface area (Å²) in [5, 5.41) is 5.96. The molecule has 1 aromatic carbocycles. The fraction of sp³-hybridized carbons (Fsp3) is 0.619. The molecule has 6 heteroatoms. The zero-order valence-corrected chi connectivity index (χ0v) is 17.2. The summed E-state index contributed by atoms with van der Waals surface area (Å²) in [4.78, 5) is 26.0. The summed E-state index contributed by atoms with van der Waals surface area (Å²) in [5.41, 5.74) is 1.82. The van der Waals surface area contributed by atoms with Crippen LogP contribution in [0.25, 0.3) is 0 Å². The Morgan fingerprint density at radius 3 is 2.44 bits per heavy atom. The Bertz CT molecular complexity index is 646. The SMILES string of the molecule is Cc1ccccc1C(C)NC(=O)NCC1CCN(C(=O)OC(C)(C)C)CC1. The third kappa shape index (κ3) is 6.77. The molecule has 0 aliphatic carbocycles. The first kappa shape index (κ1) is 21.1. The van der Waals surface area contributed by atoms with Gasteiger partial charge in [0.05, 0.1) is 6.04 Å². The monoisotopic (exact) mass is 375 g/mol. The molecular weight excluding hydrogens is 342 g/mol. The lowest BCUT2D eigenvalue weighted by atomic mass is 9.97. The fourth-order valence-electron chi connectivity index (χ4n) is 3.28. The molecule has 150 valence electrons. The van der Waals surface area contributed by atoms with Crippen molar-refractivity contribution in [3.63, 3.8) is 0 Å². The minimum atomic E-state index is -0.471. The first-order valence-corrected chi connectivity index (χ1v) is 9.73. The van der Waals surface area contributed by atoms with Gasteiger partial charge >= 0.3 is 12.1 Å². The van der Waals surface area contributed by atoms with Gasteiger partial charge in [-0.1, -0.05) is 24.3 Å². The van der Waals surface area contributed by atoms with E-state index in [0.717, 1.165) is 18.4 Å². The number of nitrogens with zero attached hydrogens (tertiary/aromatic N) is 1. The molecule has 0 saturated carbocycles. The molecule has 1 atom stereocenters. The van der Waals surface area contributed by atoms with Crippen molar-refractivity contribution in [3.8, 4) is 0 Å². The summed E-state index contributed by atoms with van der Waals surface area (Å²) in [7, 11) is 0. The maximum absolute atomic E-state index is 12.2. The van der Waals surface area contributed by atoms with E-state index in [-0.39, 0.29) is 18.2 Å². The molecule has 1 aliphatic heterocycles. The van der Waals surface area contributed by atoms with Gasteiger partial charge in [0.2, 0.25) is 0 Å². The van der Waals surface area contributed by atoms with Crippen LogP contribution in [0.1, 0.15) is 57.7 Å². The van der Waals surface area contributed by atoms with E-state index in [1.807, 2.05) is 58.9 Å². The van der Waals surface area contributed by atoms with Gasteiger partial charge in [-0.05, 0) is 64.5 Å². The molecule has 1 aliphatic rings. The second-order valence-corrected chi connectivity index (χ2v) is 8.34. The van der Waals surface area contributed by atoms with Crippen LogP contribution in [-0.4, -0.2) is 42.3 Å². The van der Waals surface area contributed by atoms with E-state index in [1.54, 1.807) is 4.90 Å². The van der Waals surface area contributed by atoms with Gasteiger partial charge < -0.3 is 20.3 Å². The van der Waals surface area contributed by atoms with Crippen LogP contribution < -0.4 is 10.6 Å². The predicted molar refractivity (Wildman–Crippen MR) is 107 cm³/mol. The average molecular weight is 376 g/mol. The molecule has 1 unspecified atom stereocenters. The molecule has 0 radical (unpaired) electrons. The van der Waals surface area contributed by atoms with E-state index in [1.165, 1.54) is 5.56 Å². The van der Waals surface area contributed by atoms with Crippen molar-refractivity contribution >= 4 is 12.1 Å². The van der Waals surface area contributed by atoms with Crippen LogP contribution in [-0.2, 0) is 4.74 Å². The number of aryl methyl sites for hydroxylation is 1. The number of rotatable bonds is 4. The van der Waals surface area contributed by atoms with Gasteiger partial charge in [0.25, 0.3) is 0 Å². The van der Waals surface area contributed by atoms with Crippen LogP contribution in [0.15, 0.2) is 24.3 Å². The Hall–Kier alpha value is -2.24. The van der Waals surface area contributed by atoms with Gasteiger partial charge in [-0.25, -0.2) is 9.59 Å². The zero-order chi connectivity index (χ0) is 20.0. The number of carbonyl (C=O) groups is 2. The second kappa shape index (κ2) is 9.11.